The van der Waals surface area contributed by atoms with E-state index in [9.17, 15) is 0 Å². The fourth-order valence-electron chi connectivity index (χ4n) is 9.56. The average Bonchev–Trinajstić information content (AvgIpc) is 3.90. The zero-order valence-corrected chi connectivity index (χ0v) is 41.8. The first-order valence-electron chi connectivity index (χ1n) is 23.8. The number of rotatable bonds is 9. The van der Waals surface area contributed by atoms with E-state index >= 15 is 0 Å². The molecule has 0 saturated carbocycles. The third-order valence-corrected chi connectivity index (χ3v) is 13.8. The van der Waals surface area contributed by atoms with Crippen LogP contribution in [0.3, 0.4) is 0 Å². The van der Waals surface area contributed by atoms with Gasteiger partial charge in [0.15, 0.2) is 0 Å². The topological polar surface area (TPSA) is 35.9 Å². The molecule has 0 spiro atoms. The van der Waals surface area contributed by atoms with Crippen molar-refractivity contribution in [1.82, 2.24) is 14.1 Å². The lowest BCUT2D eigenvalue weighted by Gasteiger charge is -2.28. The van der Waals surface area contributed by atoms with Crippen LogP contribution in [0.15, 0.2) is 164 Å². The van der Waals surface area contributed by atoms with Crippen molar-refractivity contribution in [3.05, 3.63) is 209 Å². The van der Waals surface area contributed by atoms with Crippen LogP contribution in [0.5, 0.6) is 11.5 Å². The van der Waals surface area contributed by atoms with Crippen molar-refractivity contribution in [2.24, 2.45) is 0 Å². The molecule has 0 aliphatic carbocycles. The quantitative estimate of drug-likeness (QED) is 0.107. The number of imidazole rings is 1. The Labute approximate surface area is 398 Å². The van der Waals surface area contributed by atoms with Crippen LogP contribution in [0.25, 0.3) is 39.0 Å². The number of para-hydroxylation sites is 1. The predicted molar refractivity (Wildman–Crippen MR) is 278 cm³/mol. The molecular weight excluding hydrogens is 817 g/mol. The molecule has 9 rings (SSSR count). The van der Waals surface area contributed by atoms with Crippen LogP contribution >= 0.6 is 0 Å². The van der Waals surface area contributed by atoms with Crippen molar-refractivity contribution in [3.63, 3.8) is 0 Å². The van der Waals surface area contributed by atoms with Gasteiger partial charge in [-0.2, -0.15) is 0 Å². The van der Waals surface area contributed by atoms with Crippen molar-refractivity contribution in [2.75, 3.05) is 0 Å². The molecule has 3 heterocycles. The maximum atomic E-state index is 7.24. The van der Waals surface area contributed by atoms with Gasteiger partial charge in [0.1, 0.15) is 17.3 Å². The van der Waals surface area contributed by atoms with Gasteiger partial charge < -0.3 is 4.74 Å². The van der Waals surface area contributed by atoms with Gasteiger partial charge in [-0.15, -0.1) is 0 Å². The summed E-state index contributed by atoms with van der Waals surface area (Å²) in [5, 5.41) is 2.42. The number of hydrogen-bond donors (Lipinski definition) is 0. The largest absolute Gasteiger partial charge is 0.458 e. The first-order chi connectivity index (χ1) is 31.6. The molecule has 3 aromatic heterocycles. The van der Waals surface area contributed by atoms with Gasteiger partial charge in [-0.25, -0.2) is 4.98 Å². The summed E-state index contributed by atoms with van der Waals surface area (Å²) in [4.78, 5) is 5.01. The molecule has 0 bridgehead atoms. The van der Waals surface area contributed by atoms with Crippen molar-refractivity contribution >= 4 is 21.8 Å². The third-order valence-electron chi connectivity index (χ3n) is 13.8. The summed E-state index contributed by atoms with van der Waals surface area (Å²) >= 11 is 0. The van der Waals surface area contributed by atoms with Gasteiger partial charge in [0.2, 0.25) is 0 Å². The van der Waals surface area contributed by atoms with E-state index in [4.69, 9.17) is 9.72 Å². The van der Waals surface area contributed by atoms with Gasteiger partial charge in [0, 0.05) is 40.1 Å². The highest BCUT2D eigenvalue weighted by molar-refractivity contribution is 6.11. The summed E-state index contributed by atoms with van der Waals surface area (Å²) in [6.45, 7) is 29.7. The summed E-state index contributed by atoms with van der Waals surface area (Å²) in [5.41, 5.74) is 11.8. The molecule has 0 amide bonds. The van der Waals surface area contributed by atoms with Crippen LogP contribution in [-0.2, 0) is 27.1 Å². The summed E-state index contributed by atoms with van der Waals surface area (Å²) in [6.07, 6.45) is 8.01. The van der Waals surface area contributed by atoms with Crippen molar-refractivity contribution < 1.29 is 9.30 Å². The van der Waals surface area contributed by atoms with Gasteiger partial charge in [-0.05, 0) is 104 Å². The number of ether oxygens (including phenoxy) is 1. The van der Waals surface area contributed by atoms with Gasteiger partial charge in [0.05, 0.1) is 28.1 Å². The second kappa shape index (κ2) is 16.6. The molecule has 340 valence electrons. The minimum Gasteiger partial charge on any atom is -0.458 e. The molecule has 67 heavy (non-hydrogen) atoms. The monoisotopic (exact) mass is 883 g/mol. The van der Waals surface area contributed by atoms with Gasteiger partial charge in [0.25, 0.3) is 6.33 Å². The minimum atomic E-state index is -0.348. The Kier molecular flexibility index (Phi) is 11.2. The van der Waals surface area contributed by atoms with E-state index in [0.29, 0.717) is 0 Å². The lowest BCUT2D eigenvalue weighted by atomic mass is 9.78. The van der Waals surface area contributed by atoms with E-state index in [2.05, 4.69) is 268 Å². The van der Waals surface area contributed by atoms with Crippen LogP contribution in [0, 0.1) is 6.33 Å². The molecule has 5 heteroatoms. The fraction of sp³-hybridized carbons (Fsp3) is 0.290. The molecule has 0 fully saturated rings. The first-order valence-corrected chi connectivity index (χ1v) is 23.8. The van der Waals surface area contributed by atoms with Crippen molar-refractivity contribution in [3.8, 4) is 28.7 Å². The number of benzene rings is 6. The van der Waals surface area contributed by atoms with Gasteiger partial charge >= 0.3 is 0 Å². The Morgan fingerprint density at radius 2 is 1.10 bits per heavy atom. The first kappa shape index (κ1) is 45.4. The molecule has 0 N–H and O–H groups in total. The zero-order chi connectivity index (χ0) is 47.7. The zero-order valence-electron chi connectivity index (χ0n) is 41.8. The molecule has 0 aliphatic rings. The molecule has 5 nitrogen and oxygen atoms in total. The highest BCUT2D eigenvalue weighted by Crippen LogP contribution is 2.44. The maximum Gasteiger partial charge on any atom is 0.269 e. The summed E-state index contributed by atoms with van der Waals surface area (Å²) < 4.78 is 14.0. The number of aromatic nitrogens is 4. The number of fused-ring (bicyclic) bond motifs is 3. The van der Waals surface area contributed by atoms with Crippen LogP contribution in [0.2, 0.25) is 0 Å². The van der Waals surface area contributed by atoms with E-state index in [1.165, 1.54) is 38.6 Å². The molecule has 0 atom stereocenters. The number of nitrogens with zero attached hydrogens (tertiary/aromatic N) is 4. The standard InChI is InChI=1S/C62H66N4O/c1-58(2,3)44-31-32-63-56(36-44)66-53-30-21-20-29-51(53)57-52(59(4,5)6)38-50(39-54(57)66)67-49-35-46(62(12,13)43-25-18-15-19-26-43)34-48(37-49)64-40-55(60(7,8)9)65(41-64)47-28-22-27-45(33-47)61(10,11)42-23-16-14-17-24-42/h14-40H,1-13H3. The van der Waals surface area contributed by atoms with Crippen molar-refractivity contribution in [2.45, 2.75) is 117 Å². The van der Waals surface area contributed by atoms with E-state index in [1.54, 1.807) is 0 Å². The molecular formula is C62H66N4O. The Balaban J connectivity index is 1.23. The van der Waals surface area contributed by atoms with Crippen LogP contribution in [0.4, 0.5) is 0 Å². The number of hydrogen-bond acceptors (Lipinski definition) is 2. The average molecular weight is 883 g/mol. The van der Waals surface area contributed by atoms with E-state index in [-0.39, 0.29) is 27.1 Å². The van der Waals surface area contributed by atoms with Crippen LogP contribution in [-0.4, -0.2) is 14.1 Å². The molecule has 0 aliphatic heterocycles. The van der Waals surface area contributed by atoms with Gasteiger partial charge in [-0.1, -0.05) is 181 Å². The fourth-order valence-corrected chi connectivity index (χ4v) is 9.56. The lowest BCUT2D eigenvalue weighted by molar-refractivity contribution is -0.611. The Morgan fingerprint density at radius 3 is 1.75 bits per heavy atom. The molecule has 9 aromatic rings. The van der Waals surface area contributed by atoms with E-state index < -0.39 is 0 Å². The third kappa shape index (κ3) is 8.61. The molecule has 0 radical (unpaired) electrons. The SMILES string of the molecule is CC(C)(C)c1ccnc(-n2c3ccccc3c3c(C(C)(C)C)cc(Oc4cc(-n5[c-][n+](-c6cccc(C(C)(C)c7ccccc7)c6)c(C(C)(C)C)c5)cc(C(C)(C)c5ccccc5)c4)cc32)c1. The van der Waals surface area contributed by atoms with Crippen molar-refractivity contribution in [1.29, 1.82) is 0 Å². The summed E-state index contributed by atoms with van der Waals surface area (Å²) in [6, 6.07) is 54.7. The van der Waals surface area contributed by atoms with Crippen LogP contribution < -0.4 is 9.30 Å². The highest BCUT2D eigenvalue weighted by atomic mass is 16.5. The molecule has 6 aromatic carbocycles. The predicted octanol–water partition coefficient (Wildman–Crippen LogP) is 15.4. The number of pyridine rings is 1. The second-order valence-electron chi connectivity index (χ2n) is 22.5. The smallest absolute Gasteiger partial charge is 0.269 e. The Hall–Kier alpha value is -6.72. The normalized spacial score (nSPS) is 12.9. The Bertz CT molecular complexity index is 3250. The summed E-state index contributed by atoms with van der Waals surface area (Å²) in [7, 11) is 0. The summed E-state index contributed by atoms with van der Waals surface area (Å²) in [5.74, 6) is 2.42. The van der Waals surface area contributed by atoms with Crippen LogP contribution in [0.1, 0.15) is 129 Å². The molecule has 0 saturated heterocycles. The molecule has 0 unspecified atom stereocenters. The maximum absolute atomic E-state index is 7.24. The van der Waals surface area contributed by atoms with E-state index in [0.717, 1.165) is 51.0 Å². The minimum absolute atomic E-state index is 0.0368. The lowest BCUT2D eigenvalue weighted by Crippen LogP contribution is -2.39. The van der Waals surface area contributed by atoms with Gasteiger partial charge in [-0.3, -0.25) is 13.7 Å². The Morgan fingerprint density at radius 1 is 0.493 bits per heavy atom. The highest BCUT2D eigenvalue weighted by Gasteiger charge is 2.30. The second-order valence-corrected chi connectivity index (χ2v) is 22.5. The van der Waals surface area contributed by atoms with E-state index in [1.807, 2.05) is 6.20 Å².